The van der Waals surface area contributed by atoms with E-state index in [0.717, 1.165) is 19.3 Å². The highest BCUT2D eigenvalue weighted by Crippen LogP contribution is 2.40. The molecule has 0 bridgehead atoms. The molecular formula is C12H22N2O3. The molecule has 0 aromatic rings. The maximum atomic E-state index is 11.6. The van der Waals surface area contributed by atoms with Crippen LogP contribution in [0, 0.1) is 5.41 Å². The summed E-state index contributed by atoms with van der Waals surface area (Å²) < 4.78 is 0. The summed E-state index contributed by atoms with van der Waals surface area (Å²) >= 11 is 0. The van der Waals surface area contributed by atoms with Gasteiger partial charge in [-0.15, -0.1) is 0 Å². The van der Waals surface area contributed by atoms with Gasteiger partial charge in [0.2, 0.25) is 0 Å². The molecule has 0 atom stereocenters. The van der Waals surface area contributed by atoms with E-state index >= 15 is 0 Å². The van der Waals surface area contributed by atoms with Crippen LogP contribution in [0.15, 0.2) is 0 Å². The Labute approximate surface area is 102 Å². The highest BCUT2D eigenvalue weighted by Gasteiger charge is 2.32. The van der Waals surface area contributed by atoms with Gasteiger partial charge in [-0.05, 0) is 24.7 Å². The van der Waals surface area contributed by atoms with Crippen LogP contribution in [0.5, 0.6) is 0 Å². The first-order valence-corrected chi connectivity index (χ1v) is 6.20. The minimum absolute atomic E-state index is 0.236. The standard InChI is InChI=1S/C12H22N2O3/c1-3-12(6-4-5-7-12)9-13-11(17)14(2)8-10(15)16/h3-9H2,1-2H3,(H,13,17)(H,15,16). The number of rotatable bonds is 5. The van der Waals surface area contributed by atoms with Crippen LogP contribution in [-0.4, -0.2) is 42.1 Å². The first-order chi connectivity index (χ1) is 7.99. The molecule has 5 heteroatoms. The van der Waals surface area contributed by atoms with Crippen molar-refractivity contribution < 1.29 is 14.7 Å². The third-order valence-corrected chi connectivity index (χ3v) is 3.75. The number of carbonyl (C=O) groups is 2. The molecule has 0 aromatic heterocycles. The minimum Gasteiger partial charge on any atom is -0.480 e. The first kappa shape index (κ1) is 13.8. The summed E-state index contributed by atoms with van der Waals surface area (Å²) in [7, 11) is 1.50. The molecule has 1 fully saturated rings. The fourth-order valence-electron chi connectivity index (χ4n) is 2.45. The zero-order valence-corrected chi connectivity index (χ0v) is 10.7. The van der Waals surface area contributed by atoms with Crippen molar-refractivity contribution in [2.75, 3.05) is 20.1 Å². The van der Waals surface area contributed by atoms with Crippen LogP contribution in [0.1, 0.15) is 39.0 Å². The lowest BCUT2D eigenvalue weighted by molar-refractivity contribution is -0.137. The number of urea groups is 1. The first-order valence-electron chi connectivity index (χ1n) is 6.20. The summed E-state index contributed by atoms with van der Waals surface area (Å²) in [6.45, 7) is 2.55. The second kappa shape index (κ2) is 5.89. The van der Waals surface area contributed by atoms with Gasteiger partial charge < -0.3 is 15.3 Å². The van der Waals surface area contributed by atoms with Gasteiger partial charge in [0.05, 0.1) is 0 Å². The van der Waals surface area contributed by atoms with Crippen molar-refractivity contribution in [2.24, 2.45) is 5.41 Å². The zero-order valence-electron chi connectivity index (χ0n) is 10.7. The zero-order chi connectivity index (χ0) is 12.9. The Morgan fingerprint density at radius 1 is 1.35 bits per heavy atom. The van der Waals surface area contributed by atoms with Gasteiger partial charge in [0.25, 0.3) is 0 Å². The average Bonchev–Trinajstić information content (AvgIpc) is 2.74. The Kier molecular flexibility index (Phi) is 4.78. The Hall–Kier alpha value is -1.26. The average molecular weight is 242 g/mol. The summed E-state index contributed by atoms with van der Waals surface area (Å²) in [5.41, 5.74) is 0.236. The van der Waals surface area contributed by atoms with E-state index in [1.807, 2.05) is 0 Å². The Morgan fingerprint density at radius 3 is 2.41 bits per heavy atom. The number of likely N-dealkylation sites (N-methyl/N-ethyl adjacent to an activating group) is 1. The van der Waals surface area contributed by atoms with Crippen molar-refractivity contribution in [3.8, 4) is 0 Å². The van der Waals surface area contributed by atoms with Crippen LogP contribution in [0.3, 0.4) is 0 Å². The number of hydrogen-bond donors (Lipinski definition) is 2. The second-order valence-electron chi connectivity index (χ2n) is 4.97. The van der Waals surface area contributed by atoms with Crippen LogP contribution >= 0.6 is 0 Å². The molecule has 0 spiro atoms. The summed E-state index contributed by atoms with van der Waals surface area (Å²) in [5, 5.41) is 11.4. The van der Waals surface area contributed by atoms with E-state index in [9.17, 15) is 9.59 Å². The predicted molar refractivity (Wildman–Crippen MR) is 64.9 cm³/mol. The molecule has 2 N–H and O–H groups in total. The molecule has 0 aliphatic heterocycles. The molecule has 2 amide bonds. The van der Waals surface area contributed by atoms with Crippen molar-refractivity contribution in [3.63, 3.8) is 0 Å². The van der Waals surface area contributed by atoms with Crippen molar-refractivity contribution in [1.82, 2.24) is 10.2 Å². The van der Waals surface area contributed by atoms with Crippen molar-refractivity contribution in [1.29, 1.82) is 0 Å². The molecule has 0 heterocycles. The number of carboxylic acid groups (broad SMARTS) is 1. The Bertz CT molecular complexity index is 285. The highest BCUT2D eigenvalue weighted by molar-refractivity contribution is 5.79. The Morgan fingerprint density at radius 2 is 1.94 bits per heavy atom. The van der Waals surface area contributed by atoms with Crippen LogP contribution in [0.2, 0.25) is 0 Å². The van der Waals surface area contributed by atoms with Gasteiger partial charge in [-0.3, -0.25) is 4.79 Å². The third-order valence-electron chi connectivity index (χ3n) is 3.75. The molecule has 1 aliphatic rings. The summed E-state index contributed by atoms with van der Waals surface area (Å²) in [4.78, 5) is 23.3. The normalized spacial score (nSPS) is 17.8. The van der Waals surface area contributed by atoms with E-state index < -0.39 is 5.97 Å². The number of aliphatic carboxylic acids is 1. The third kappa shape index (κ3) is 3.91. The topological polar surface area (TPSA) is 69.6 Å². The minimum atomic E-state index is -0.992. The molecular weight excluding hydrogens is 220 g/mol. The lowest BCUT2D eigenvalue weighted by atomic mass is 9.83. The quantitative estimate of drug-likeness (QED) is 0.770. The molecule has 98 valence electrons. The van der Waals surface area contributed by atoms with Crippen molar-refractivity contribution in [2.45, 2.75) is 39.0 Å². The number of carboxylic acids is 1. The van der Waals surface area contributed by atoms with Gasteiger partial charge in [0.1, 0.15) is 6.54 Å². The number of nitrogens with zero attached hydrogens (tertiary/aromatic N) is 1. The van der Waals surface area contributed by atoms with Gasteiger partial charge in [0.15, 0.2) is 0 Å². The van der Waals surface area contributed by atoms with E-state index in [-0.39, 0.29) is 18.0 Å². The van der Waals surface area contributed by atoms with Crippen molar-refractivity contribution >= 4 is 12.0 Å². The van der Waals surface area contributed by atoms with E-state index in [4.69, 9.17) is 5.11 Å². The molecule has 0 saturated heterocycles. The van der Waals surface area contributed by atoms with Crippen LogP contribution < -0.4 is 5.32 Å². The van der Waals surface area contributed by atoms with Crippen LogP contribution in [-0.2, 0) is 4.79 Å². The molecule has 5 nitrogen and oxygen atoms in total. The Balaban J connectivity index is 2.38. The van der Waals surface area contributed by atoms with Crippen LogP contribution in [0.4, 0.5) is 4.79 Å². The summed E-state index contributed by atoms with van der Waals surface area (Å²) in [5.74, 6) is -0.992. The maximum absolute atomic E-state index is 11.6. The van der Waals surface area contributed by atoms with Gasteiger partial charge >= 0.3 is 12.0 Å². The van der Waals surface area contributed by atoms with Crippen molar-refractivity contribution in [3.05, 3.63) is 0 Å². The van der Waals surface area contributed by atoms with E-state index in [0.29, 0.717) is 6.54 Å². The molecule has 1 saturated carbocycles. The lowest BCUT2D eigenvalue weighted by Crippen LogP contribution is -2.44. The predicted octanol–water partition coefficient (Wildman–Crippen LogP) is 1.68. The van der Waals surface area contributed by atoms with E-state index in [1.165, 1.54) is 24.8 Å². The largest absolute Gasteiger partial charge is 0.480 e. The van der Waals surface area contributed by atoms with Gasteiger partial charge in [-0.25, -0.2) is 4.79 Å². The fraction of sp³-hybridized carbons (Fsp3) is 0.833. The van der Waals surface area contributed by atoms with Gasteiger partial charge in [-0.1, -0.05) is 19.8 Å². The van der Waals surface area contributed by atoms with E-state index in [2.05, 4.69) is 12.2 Å². The fourth-order valence-corrected chi connectivity index (χ4v) is 2.45. The highest BCUT2D eigenvalue weighted by atomic mass is 16.4. The molecule has 0 unspecified atom stereocenters. The lowest BCUT2D eigenvalue weighted by Gasteiger charge is -2.28. The molecule has 17 heavy (non-hydrogen) atoms. The summed E-state index contributed by atoms with van der Waals surface area (Å²) in [6.07, 6.45) is 5.85. The monoisotopic (exact) mass is 242 g/mol. The van der Waals surface area contributed by atoms with Crippen LogP contribution in [0.25, 0.3) is 0 Å². The molecule has 0 aromatic carbocycles. The molecule has 1 aliphatic carbocycles. The summed E-state index contributed by atoms with van der Waals surface area (Å²) in [6, 6.07) is -0.299. The molecule has 1 rings (SSSR count). The number of carbonyl (C=O) groups excluding carboxylic acids is 1. The number of nitrogens with one attached hydrogen (secondary N) is 1. The maximum Gasteiger partial charge on any atom is 0.323 e. The smallest absolute Gasteiger partial charge is 0.323 e. The van der Waals surface area contributed by atoms with Gasteiger partial charge in [-0.2, -0.15) is 0 Å². The van der Waals surface area contributed by atoms with Gasteiger partial charge in [0, 0.05) is 13.6 Å². The number of hydrogen-bond acceptors (Lipinski definition) is 2. The second-order valence-corrected chi connectivity index (χ2v) is 4.97. The van der Waals surface area contributed by atoms with E-state index in [1.54, 1.807) is 0 Å². The molecule has 0 radical (unpaired) electrons. The number of amides is 2. The SMILES string of the molecule is CCC1(CNC(=O)N(C)CC(=O)O)CCCC1.